The van der Waals surface area contributed by atoms with Crippen LogP contribution in [0.15, 0.2) is 0 Å². The van der Waals surface area contributed by atoms with Crippen LogP contribution in [0.3, 0.4) is 0 Å². The number of benzene rings is 2. The molecule has 0 spiro atoms. The Balaban J connectivity index is 3.03. The van der Waals surface area contributed by atoms with Crippen LogP contribution < -0.4 is 5.46 Å². The van der Waals surface area contributed by atoms with Gasteiger partial charge in [-0.3, -0.25) is 0 Å². The van der Waals surface area contributed by atoms with Crippen molar-refractivity contribution < 1.29 is 30.7 Å². The lowest BCUT2D eigenvalue weighted by Gasteiger charge is -2.15. The van der Waals surface area contributed by atoms with Crippen molar-refractivity contribution in [2.75, 3.05) is 0 Å². The van der Waals surface area contributed by atoms with Crippen LogP contribution in [-0.2, 0) is 0 Å². The molecular formula is C14H6BF7. The van der Waals surface area contributed by atoms with E-state index in [1.165, 1.54) is 0 Å². The molecule has 0 atom stereocenters. The van der Waals surface area contributed by atoms with Gasteiger partial charge in [0.15, 0.2) is 34.9 Å². The molecule has 0 aliphatic heterocycles. The molecule has 0 fully saturated rings. The summed E-state index contributed by atoms with van der Waals surface area (Å²) in [5.41, 5.74) is -5.85. The largest absolute Gasteiger partial charge is 0.207 e. The van der Waals surface area contributed by atoms with E-state index in [1.807, 2.05) is 0 Å². The van der Waals surface area contributed by atoms with Crippen molar-refractivity contribution in [3.8, 4) is 11.1 Å². The number of halogens is 7. The molecule has 0 aromatic heterocycles. The van der Waals surface area contributed by atoms with E-state index in [1.54, 1.807) is 0 Å². The third-order valence-corrected chi connectivity index (χ3v) is 3.32. The maximum absolute atomic E-state index is 14.0. The van der Waals surface area contributed by atoms with Crippen molar-refractivity contribution in [3.05, 3.63) is 51.8 Å². The van der Waals surface area contributed by atoms with Crippen LogP contribution in [0, 0.1) is 54.6 Å². The first-order valence-corrected chi connectivity index (χ1v) is 5.86. The van der Waals surface area contributed by atoms with Crippen molar-refractivity contribution in [1.82, 2.24) is 0 Å². The molecule has 2 radical (unpaired) electrons. The number of rotatable bonds is 1. The SMILES string of the molecule is [B]c1c(F)c(F)c(C)c(-c2c(F)c(F)c(C)c(F)c2F)c1F. The first kappa shape index (κ1) is 16.4. The Labute approximate surface area is 122 Å². The summed E-state index contributed by atoms with van der Waals surface area (Å²) in [7, 11) is 4.97. The summed E-state index contributed by atoms with van der Waals surface area (Å²) in [5, 5.41) is 0. The summed E-state index contributed by atoms with van der Waals surface area (Å²) in [4.78, 5) is 0. The Hall–Kier alpha value is -1.99. The lowest BCUT2D eigenvalue weighted by molar-refractivity contribution is 0.447. The molecule has 0 unspecified atom stereocenters. The maximum Gasteiger partial charge on any atom is 0.170 e. The van der Waals surface area contributed by atoms with Gasteiger partial charge in [-0.15, -0.1) is 0 Å². The van der Waals surface area contributed by atoms with Crippen molar-refractivity contribution in [2.24, 2.45) is 0 Å². The Kier molecular flexibility index (Phi) is 3.97. The predicted molar refractivity (Wildman–Crippen MR) is 66.4 cm³/mol. The van der Waals surface area contributed by atoms with Crippen molar-refractivity contribution >= 4 is 13.3 Å². The normalized spacial score (nSPS) is 11.1. The number of hydrogen-bond acceptors (Lipinski definition) is 0. The van der Waals surface area contributed by atoms with Crippen LogP contribution in [-0.4, -0.2) is 7.85 Å². The fourth-order valence-electron chi connectivity index (χ4n) is 2.05. The van der Waals surface area contributed by atoms with E-state index < -0.39 is 68.4 Å². The van der Waals surface area contributed by atoms with E-state index in [0.717, 1.165) is 13.8 Å². The van der Waals surface area contributed by atoms with Crippen molar-refractivity contribution in [3.63, 3.8) is 0 Å². The highest BCUT2D eigenvalue weighted by Crippen LogP contribution is 2.36. The van der Waals surface area contributed by atoms with Gasteiger partial charge in [-0.05, 0) is 24.9 Å². The van der Waals surface area contributed by atoms with Gasteiger partial charge in [-0.1, -0.05) is 0 Å². The first-order chi connectivity index (χ1) is 10.1. The second-order valence-corrected chi connectivity index (χ2v) is 4.61. The van der Waals surface area contributed by atoms with E-state index in [-0.39, 0.29) is 0 Å². The van der Waals surface area contributed by atoms with E-state index in [2.05, 4.69) is 0 Å². The maximum atomic E-state index is 14.0. The minimum atomic E-state index is -1.93. The molecule has 2 aromatic rings. The fourth-order valence-corrected chi connectivity index (χ4v) is 2.05. The highest BCUT2D eigenvalue weighted by molar-refractivity contribution is 6.33. The molecular weight excluding hydrogens is 312 g/mol. The van der Waals surface area contributed by atoms with Crippen LogP contribution in [0.1, 0.15) is 11.1 Å². The summed E-state index contributed by atoms with van der Waals surface area (Å²) in [6, 6.07) is 0. The van der Waals surface area contributed by atoms with Gasteiger partial charge in [0.2, 0.25) is 0 Å². The molecule has 2 aromatic carbocycles. The molecule has 0 aliphatic carbocycles. The minimum absolute atomic E-state index is 0.767. The summed E-state index contributed by atoms with van der Waals surface area (Å²) < 4.78 is 95.8. The Morgan fingerprint density at radius 2 is 0.909 bits per heavy atom. The lowest BCUT2D eigenvalue weighted by atomic mass is 9.87. The fraction of sp³-hybridized carbons (Fsp3) is 0.143. The van der Waals surface area contributed by atoms with Crippen LogP contribution in [0.5, 0.6) is 0 Å². The van der Waals surface area contributed by atoms with Gasteiger partial charge in [-0.2, -0.15) is 0 Å². The highest BCUT2D eigenvalue weighted by atomic mass is 19.2. The van der Waals surface area contributed by atoms with Crippen molar-refractivity contribution in [1.29, 1.82) is 0 Å². The molecule has 0 aliphatic rings. The van der Waals surface area contributed by atoms with Gasteiger partial charge >= 0.3 is 0 Å². The standard InChI is InChI=1S/C14H6BF7/c1-3-5(11(19)7(15)14(22)8(3)16)6-12(20)9(17)4(2)10(18)13(6)21/h1-2H3. The van der Waals surface area contributed by atoms with Crippen LogP contribution >= 0.6 is 0 Å². The minimum Gasteiger partial charge on any atom is -0.207 e. The smallest absolute Gasteiger partial charge is 0.170 e. The summed E-state index contributed by atoms with van der Waals surface area (Å²) in [6.07, 6.45) is 0. The molecule has 22 heavy (non-hydrogen) atoms. The third kappa shape index (κ3) is 2.08. The van der Waals surface area contributed by atoms with Gasteiger partial charge in [0.1, 0.15) is 13.7 Å². The second kappa shape index (κ2) is 5.33. The summed E-state index contributed by atoms with van der Waals surface area (Å²) >= 11 is 0. The summed E-state index contributed by atoms with van der Waals surface area (Å²) in [6.45, 7) is 1.56. The number of hydrogen-bond donors (Lipinski definition) is 0. The average Bonchev–Trinajstić information content (AvgIpc) is 2.50. The zero-order valence-corrected chi connectivity index (χ0v) is 11.2. The second-order valence-electron chi connectivity index (χ2n) is 4.61. The quantitative estimate of drug-likeness (QED) is 0.427. The van der Waals surface area contributed by atoms with E-state index in [9.17, 15) is 30.7 Å². The van der Waals surface area contributed by atoms with E-state index in [0.29, 0.717) is 0 Å². The molecule has 114 valence electrons. The molecule has 2 rings (SSSR count). The van der Waals surface area contributed by atoms with Gasteiger partial charge in [0, 0.05) is 11.1 Å². The Morgan fingerprint density at radius 3 is 1.36 bits per heavy atom. The van der Waals surface area contributed by atoms with E-state index in [4.69, 9.17) is 7.85 Å². The zero-order valence-electron chi connectivity index (χ0n) is 11.2. The third-order valence-electron chi connectivity index (χ3n) is 3.32. The Morgan fingerprint density at radius 1 is 0.500 bits per heavy atom. The summed E-state index contributed by atoms with van der Waals surface area (Å²) in [5.74, 6) is -12.5. The van der Waals surface area contributed by atoms with Gasteiger partial charge in [0.25, 0.3) is 0 Å². The topological polar surface area (TPSA) is 0 Å². The van der Waals surface area contributed by atoms with Crippen molar-refractivity contribution in [2.45, 2.75) is 13.8 Å². The molecule has 0 bridgehead atoms. The van der Waals surface area contributed by atoms with Crippen LogP contribution in [0.4, 0.5) is 30.7 Å². The molecule has 8 heteroatoms. The molecule has 0 nitrogen and oxygen atoms in total. The predicted octanol–water partition coefficient (Wildman–Crippen LogP) is 3.74. The molecule has 0 heterocycles. The van der Waals surface area contributed by atoms with Gasteiger partial charge < -0.3 is 0 Å². The average molecular weight is 318 g/mol. The molecule has 0 N–H and O–H groups in total. The first-order valence-electron chi connectivity index (χ1n) is 5.86. The monoisotopic (exact) mass is 318 g/mol. The van der Waals surface area contributed by atoms with Gasteiger partial charge in [0.05, 0.1) is 5.56 Å². The molecule has 0 saturated heterocycles. The highest BCUT2D eigenvalue weighted by Gasteiger charge is 2.30. The van der Waals surface area contributed by atoms with Crippen LogP contribution in [0.2, 0.25) is 0 Å². The molecule has 0 saturated carbocycles. The Bertz CT molecular complexity index is 673. The molecule has 0 amide bonds. The van der Waals surface area contributed by atoms with Crippen LogP contribution in [0.25, 0.3) is 11.1 Å². The zero-order chi connectivity index (χ0) is 16.9. The van der Waals surface area contributed by atoms with E-state index >= 15 is 0 Å². The van der Waals surface area contributed by atoms with Gasteiger partial charge in [-0.25, -0.2) is 30.7 Å². The lowest BCUT2D eigenvalue weighted by Crippen LogP contribution is -2.20.